The molecule has 0 aliphatic heterocycles. The zero-order valence-electron chi connectivity index (χ0n) is 10.7. The van der Waals surface area contributed by atoms with Crippen LogP contribution in [0.25, 0.3) is 0 Å². The number of ether oxygens (including phenoxy) is 1. The van der Waals surface area contributed by atoms with E-state index in [1.165, 1.54) is 0 Å². The van der Waals surface area contributed by atoms with E-state index in [2.05, 4.69) is 41.8 Å². The van der Waals surface area contributed by atoms with Crippen LogP contribution in [0.5, 0.6) is 5.88 Å². The molecule has 2 aromatic rings. The predicted molar refractivity (Wildman–Crippen MR) is 84.9 cm³/mol. The molecule has 102 valence electrons. The molecule has 0 atom stereocenters. The third-order valence-corrected chi connectivity index (χ3v) is 4.76. The highest BCUT2D eigenvalue weighted by molar-refractivity contribution is 9.11. The van der Waals surface area contributed by atoms with Crippen molar-refractivity contribution < 1.29 is 4.74 Å². The molecule has 3 nitrogen and oxygen atoms in total. The summed E-state index contributed by atoms with van der Waals surface area (Å²) >= 11 is 12.3. The number of halogens is 3. The summed E-state index contributed by atoms with van der Waals surface area (Å²) in [6.07, 6.45) is 3.40. The number of hydrogen-bond acceptors (Lipinski definition) is 3. The molecule has 0 aromatic carbocycles. The van der Waals surface area contributed by atoms with Gasteiger partial charge in [0.2, 0.25) is 5.88 Å². The maximum atomic E-state index is 5.66. The van der Waals surface area contributed by atoms with Crippen LogP contribution in [0.1, 0.15) is 11.1 Å². The highest BCUT2D eigenvalue weighted by atomic mass is 79.9. The largest absolute Gasteiger partial charge is 0.480 e. The van der Waals surface area contributed by atoms with Gasteiger partial charge >= 0.3 is 0 Å². The number of methoxy groups -OCH3 is 1. The Morgan fingerprint density at radius 2 is 1.53 bits per heavy atom. The first-order valence-electron chi connectivity index (χ1n) is 5.39. The minimum atomic E-state index is 0.523. The van der Waals surface area contributed by atoms with Gasteiger partial charge in [0.15, 0.2) is 0 Å². The number of aromatic nitrogens is 2. The summed E-state index contributed by atoms with van der Waals surface area (Å²) in [5.74, 6) is 0.639. The van der Waals surface area contributed by atoms with E-state index in [-0.39, 0.29) is 0 Å². The van der Waals surface area contributed by atoms with E-state index in [1.807, 2.05) is 26.0 Å². The van der Waals surface area contributed by atoms with Gasteiger partial charge in [0.25, 0.3) is 0 Å². The SMILES string of the molecule is COc1nccc(C)c1Br.Cc1ccnc(Cl)c1Br. The van der Waals surface area contributed by atoms with Gasteiger partial charge in [-0.25, -0.2) is 9.97 Å². The van der Waals surface area contributed by atoms with Crippen molar-refractivity contribution >= 4 is 43.5 Å². The van der Waals surface area contributed by atoms with Crippen LogP contribution < -0.4 is 4.74 Å². The van der Waals surface area contributed by atoms with Crippen LogP contribution in [0.3, 0.4) is 0 Å². The van der Waals surface area contributed by atoms with Crippen LogP contribution >= 0.6 is 43.5 Å². The average Bonchev–Trinajstić information content (AvgIpc) is 2.40. The molecular weight excluding hydrogens is 395 g/mol. The Bertz CT molecular complexity index is 544. The van der Waals surface area contributed by atoms with E-state index in [0.717, 1.165) is 20.1 Å². The first kappa shape index (κ1) is 16.4. The highest BCUT2D eigenvalue weighted by Gasteiger charge is 2.01. The fourth-order valence-corrected chi connectivity index (χ4v) is 2.00. The second-order valence-corrected chi connectivity index (χ2v) is 5.63. The van der Waals surface area contributed by atoms with Crippen molar-refractivity contribution in [1.82, 2.24) is 9.97 Å². The minimum Gasteiger partial charge on any atom is -0.480 e. The molecule has 0 unspecified atom stereocenters. The van der Waals surface area contributed by atoms with Gasteiger partial charge < -0.3 is 4.74 Å². The molecule has 0 fully saturated rings. The molecule has 19 heavy (non-hydrogen) atoms. The van der Waals surface area contributed by atoms with Crippen molar-refractivity contribution in [3.8, 4) is 5.88 Å². The Morgan fingerprint density at radius 3 is 1.95 bits per heavy atom. The second kappa shape index (κ2) is 7.82. The van der Waals surface area contributed by atoms with Gasteiger partial charge in [0, 0.05) is 12.4 Å². The molecule has 0 N–H and O–H groups in total. The predicted octanol–water partition coefficient (Wildman–Crippen LogP) is 4.97. The lowest BCUT2D eigenvalue weighted by molar-refractivity contribution is 0.394. The lowest BCUT2D eigenvalue weighted by Crippen LogP contribution is -1.89. The molecule has 0 bridgehead atoms. The van der Waals surface area contributed by atoms with E-state index in [4.69, 9.17) is 16.3 Å². The van der Waals surface area contributed by atoms with Gasteiger partial charge in [0.1, 0.15) is 5.15 Å². The number of pyridine rings is 2. The van der Waals surface area contributed by atoms with Crippen molar-refractivity contribution in [3.63, 3.8) is 0 Å². The van der Waals surface area contributed by atoms with Crippen molar-refractivity contribution in [1.29, 1.82) is 0 Å². The number of nitrogens with zero attached hydrogens (tertiary/aromatic N) is 2. The average molecular weight is 409 g/mol. The van der Waals surface area contributed by atoms with Crippen LogP contribution in [0.15, 0.2) is 33.5 Å². The number of rotatable bonds is 1. The molecule has 6 heteroatoms. The monoisotopic (exact) mass is 406 g/mol. The molecule has 2 heterocycles. The van der Waals surface area contributed by atoms with E-state index in [1.54, 1.807) is 19.5 Å². The molecule has 0 saturated carbocycles. The number of hydrogen-bond donors (Lipinski definition) is 0. The topological polar surface area (TPSA) is 35.0 Å². The van der Waals surface area contributed by atoms with Crippen LogP contribution in [0.2, 0.25) is 5.15 Å². The smallest absolute Gasteiger partial charge is 0.227 e. The Kier molecular flexibility index (Phi) is 6.75. The Morgan fingerprint density at radius 1 is 1.00 bits per heavy atom. The molecule has 0 radical (unpaired) electrons. The molecule has 0 spiro atoms. The summed E-state index contributed by atoms with van der Waals surface area (Å²) in [5, 5.41) is 0.523. The Labute approximate surface area is 134 Å². The lowest BCUT2D eigenvalue weighted by Gasteiger charge is -2.02. The van der Waals surface area contributed by atoms with Crippen molar-refractivity contribution in [2.75, 3.05) is 7.11 Å². The van der Waals surface area contributed by atoms with Gasteiger partial charge in [-0.1, -0.05) is 11.6 Å². The van der Waals surface area contributed by atoms with Gasteiger partial charge in [-0.15, -0.1) is 0 Å². The fraction of sp³-hybridized carbons (Fsp3) is 0.231. The third-order valence-electron chi connectivity index (χ3n) is 2.28. The summed E-state index contributed by atoms with van der Waals surface area (Å²) in [6, 6.07) is 3.82. The highest BCUT2D eigenvalue weighted by Crippen LogP contribution is 2.24. The molecule has 0 aliphatic carbocycles. The minimum absolute atomic E-state index is 0.523. The molecule has 0 amide bonds. The van der Waals surface area contributed by atoms with Crippen LogP contribution in [-0.4, -0.2) is 17.1 Å². The standard InChI is InChI=1S/C7H8BrNO.C6H5BrClN/c1-5-3-4-9-7(10-2)6(5)8;1-4-2-3-9-6(8)5(4)7/h3-4H,1-2H3;2-3H,1H3. The van der Waals surface area contributed by atoms with Crippen LogP contribution in [0.4, 0.5) is 0 Å². The zero-order valence-corrected chi connectivity index (χ0v) is 14.7. The number of aryl methyl sites for hydroxylation is 2. The second-order valence-electron chi connectivity index (χ2n) is 3.68. The quantitative estimate of drug-likeness (QED) is 0.625. The molecule has 2 rings (SSSR count). The molecule has 0 saturated heterocycles. The van der Waals surface area contributed by atoms with Crippen molar-refractivity contribution in [2.24, 2.45) is 0 Å². The van der Waals surface area contributed by atoms with Gasteiger partial charge in [-0.05, 0) is 69.0 Å². The fourth-order valence-electron chi connectivity index (χ4n) is 1.16. The maximum absolute atomic E-state index is 5.66. The van der Waals surface area contributed by atoms with E-state index < -0.39 is 0 Å². The summed E-state index contributed by atoms with van der Waals surface area (Å²) in [6.45, 7) is 3.96. The van der Waals surface area contributed by atoms with E-state index in [9.17, 15) is 0 Å². The van der Waals surface area contributed by atoms with E-state index in [0.29, 0.717) is 11.0 Å². The van der Waals surface area contributed by atoms with Gasteiger partial charge in [-0.2, -0.15) is 0 Å². The zero-order chi connectivity index (χ0) is 14.4. The third kappa shape index (κ3) is 4.75. The first-order valence-corrected chi connectivity index (χ1v) is 7.35. The van der Waals surface area contributed by atoms with Gasteiger partial charge in [0.05, 0.1) is 16.1 Å². The van der Waals surface area contributed by atoms with E-state index >= 15 is 0 Å². The van der Waals surface area contributed by atoms with Crippen molar-refractivity contribution in [3.05, 3.63) is 49.8 Å². The maximum Gasteiger partial charge on any atom is 0.227 e. The molecular formula is C13H13Br2ClN2O. The summed E-state index contributed by atoms with van der Waals surface area (Å²) in [7, 11) is 1.60. The first-order chi connectivity index (χ1) is 8.97. The summed E-state index contributed by atoms with van der Waals surface area (Å²) < 4.78 is 6.78. The summed E-state index contributed by atoms with van der Waals surface area (Å²) in [5.41, 5.74) is 2.24. The van der Waals surface area contributed by atoms with Gasteiger partial charge in [-0.3, -0.25) is 0 Å². The normalized spacial score (nSPS) is 9.58. The van der Waals surface area contributed by atoms with Crippen LogP contribution in [-0.2, 0) is 0 Å². The van der Waals surface area contributed by atoms with Crippen LogP contribution in [0, 0.1) is 13.8 Å². The Balaban J connectivity index is 0.000000191. The molecule has 2 aromatic heterocycles. The van der Waals surface area contributed by atoms with Crippen molar-refractivity contribution in [2.45, 2.75) is 13.8 Å². The summed E-state index contributed by atoms with van der Waals surface area (Å²) in [4.78, 5) is 7.85. The lowest BCUT2D eigenvalue weighted by atomic mass is 10.3. The Hall–Kier alpha value is -0.650. The molecule has 0 aliphatic rings.